The van der Waals surface area contributed by atoms with Gasteiger partial charge in [-0.25, -0.2) is 4.79 Å². The number of nitrogens with one attached hydrogen (secondary N) is 1. The predicted molar refractivity (Wildman–Crippen MR) is 63.3 cm³/mol. The number of carboxylic acid groups (broad SMARTS) is 1. The Hall–Kier alpha value is -1.18. The van der Waals surface area contributed by atoms with Gasteiger partial charge in [-0.2, -0.15) is 0 Å². The van der Waals surface area contributed by atoms with Gasteiger partial charge in [-0.3, -0.25) is 4.79 Å². The molecule has 7 nitrogen and oxygen atoms in total. The lowest BCUT2D eigenvalue weighted by Crippen LogP contribution is -2.45. The summed E-state index contributed by atoms with van der Waals surface area (Å²) in [5.41, 5.74) is 0. The summed E-state index contributed by atoms with van der Waals surface area (Å²) in [6, 6.07) is -0.785. The highest BCUT2D eigenvalue weighted by Gasteiger charge is 2.39. The molecule has 7 heteroatoms. The van der Waals surface area contributed by atoms with E-state index in [9.17, 15) is 9.59 Å². The fourth-order valence-electron chi connectivity index (χ4n) is 1.95. The van der Waals surface area contributed by atoms with Gasteiger partial charge in [0.15, 0.2) is 0 Å². The zero-order valence-corrected chi connectivity index (χ0v) is 10.7. The van der Waals surface area contributed by atoms with Crippen molar-refractivity contribution in [1.29, 1.82) is 0 Å². The molecule has 0 bridgehead atoms. The van der Waals surface area contributed by atoms with Crippen molar-refractivity contribution in [2.75, 3.05) is 40.5 Å². The van der Waals surface area contributed by atoms with Crippen LogP contribution in [0.2, 0.25) is 0 Å². The van der Waals surface area contributed by atoms with Crippen LogP contribution in [0.4, 0.5) is 0 Å². The summed E-state index contributed by atoms with van der Waals surface area (Å²) in [4.78, 5) is 24.3. The van der Waals surface area contributed by atoms with Crippen LogP contribution in [0.15, 0.2) is 0 Å². The third kappa shape index (κ3) is 3.94. The molecule has 1 amide bonds. The minimum absolute atomic E-state index is 0.115. The summed E-state index contributed by atoms with van der Waals surface area (Å²) in [5.74, 6) is -1.21. The van der Waals surface area contributed by atoms with Crippen LogP contribution >= 0.6 is 0 Å². The summed E-state index contributed by atoms with van der Waals surface area (Å²) in [6.07, 6.45) is 0.143. The number of carbonyl (C=O) groups excluding carboxylic acids is 1. The van der Waals surface area contributed by atoms with Crippen LogP contribution in [0.5, 0.6) is 0 Å². The Kier molecular flexibility index (Phi) is 6.03. The number of carbonyl (C=O) groups is 2. The van der Waals surface area contributed by atoms with E-state index in [1.54, 1.807) is 7.11 Å². The molecule has 0 radical (unpaired) electrons. The first-order chi connectivity index (χ1) is 8.60. The molecule has 1 aliphatic heterocycles. The molecule has 2 unspecified atom stereocenters. The van der Waals surface area contributed by atoms with E-state index >= 15 is 0 Å². The first-order valence-electron chi connectivity index (χ1n) is 5.84. The zero-order chi connectivity index (χ0) is 13.5. The third-order valence-electron chi connectivity index (χ3n) is 2.96. The molecule has 1 aliphatic rings. The molecular weight excluding hydrogens is 240 g/mol. The van der Waals surface area contributed by atoms with Gasteiger partial charge in [-0.1, -0.05) is 0 Å². The van der Waals surface area contributed by atoms with Gasteiger partial charge in [0.1, 0.15) is 6.04 Å². The maximum atomic E-state index is 11.9. The average Bonchev–Trinajstić information content (AvgIpc) is 2.78. The summed E-state index contributed by atoms with van der Waals surface area (Å²) < 4.78 is 9.96. The minimum atomic E-state index is -0.986. The second-order valence-corrected chi connectivity index (χ2v) is 4.16. The SMILES string of the molecule is COCCNCC(=O)N1CC(OC)CC1C(=O)O. The standard InChI is InChI=1S/C11H20N2O5/c1-17-4-3-12-6-10(14)13-7-8(18-2)5-9(13)11(15)16/h8-9,12H,3-7H2,1-2H3,(H,15,16). The topological polar surface area (TPSA) is 88.1 Å². The molecule has 0 aromatic heterocycles. The highest BCUT2D eigenvalue weighted by molar-refractivity contribution is 5.85. The summed E-state index contributed by atoms with van der Waals surface area (Å²) in [5, 5.41) is 12.0. The molecule has 1 saturated heterocycles. The van der Waals surface area contributed by atoms with Crippen molar-refractivity contribution in [3.05, 3.63) is 0 Å². The molecule has 0 aromatic carbocycles. The van der Waals surface area contributed by atoms with E-state index < -0.39 is 12.0 Å². The van der Waals surface area contributed by atoms with E-state index in [0.717, 1.165) is 0 Å². The van der Waals surface area contributed by atoms with E-state index in [0.29, 0.717) is 26.1 Å². The number of rotatable bonds is 7. The van der Waals surface area contributed by atoms with Gasteiger partial charge < -0.3 is 24.8 Å². The Morgan fingerprint density at radius 2 is 2.17 bits per heavy atom. The number of hydrogen-bond acceptors (Lipinski definition) is 5. The fourth-order valence-corrected chi connectivity index (χ4v) is 1.95. The van der Waals surface area contributed by atoms with E-state index in [-0.39, 0.29) is 18.6 Å². The number of hydrogen-bond donors (Lipinski definition) is 2. The molecular formula is C11H20N2O5. The molecule has 1 fully saturated rings. The van der Waals surface area contributed by atoms with Gasteiger partial charge in [0, 0.05) is 33.7 Å². The summed E-state index contributed by atoms with van der Waals surface area (Å²) in [7, 11) is 3.10. The average molecular weight is 260 g/mol. The molecule has 104 valence electrons. The van der Waals surface area contributed by atoms with Crippen molar-refractivity contribution in [2.45, 2.75) is 18.6 Å². The molecule has 0 aliphatic carbocycles. The maximum Gasteiger partial charge on any atom is 0.326 e. The van der Waals surface area contributed by atoms with Crippen LogP contribution in [0.3, 0.4) is 0 Å². The van der Waals surface area contributed by atoms with E-state index in [1.165, 1.54) is 12.0 Å². The highest BCUT2D eigenvalue weighted by Crippen LogP contribution is 2.20. The Morgan fingerprint density at radius 1 is 1.44 bits per heavy atom. The van der Waals surface area contributed by atoms with Gasteiger partial charge in [-0.15, -0.1) is 0 Å². The Bertz CT molecular complexity index is 297. The first kappa shape index (κ1) is 14.9. The summed E-state index contributed by atoms with van der Waals surface area (Å²) >= 11 is 0. The lowest BCUT2D eigenvalue weighted by atomic mass is 10.2. The second-order valence-electron chi connectivity index (χ2n) is 4.16. The normalized spacial score (nSPS) is 23.3. The third-order valence-corrected chi connectivity index (χ3v) is 2.96. The monoisotopic (exact) mass is 260 g/mol. The summed E-state index contributed by atoms with van der Waals surface area (Å²) in [6.45, 7) is 1.51. The number of amides is 1. The van der Waals surface area contributed by atoms with Crippen LogP contribution < -0.4 is 5.32 Å². The predicted octanol–water partition coefficient (Wildman–Crippen LogP) is -1.08. The van der Waals surface area contributed by atoms with Crippen LogP contribution in [0.25, 0.3) is 0 Å². The second kappa shape index (κ2) is 7.30. The Labute approximate surface area is 106 Å². The number of likely N-dealkylation sites (tertiary alicyclic amines) is 1. The van der Waals surface area contributed by atoms with E-state index in [1.807, 2.05) is 0 Å². The van der Waals surface area contributed by atoms with Crippen LogP contribution in [-0.2, 0) is 19.1 Å². The van der Waals surface area contributed by atoms with Crippen molar-refractivity contribution in [1.82, 2.24) is 10.2 Å². The number of ether oxygens (including phenoxy) is 2. The Balaban J connectivity index is 2.46. The smallest absolute Gasteiger partial charge is 0.326 e. The number of methoxy groups -OCH3 is 2. The Morgan fingerprint density at radius 3 is 2.72 bits per heavy atom. The zero-order valence-electron chi connectivity index (χ0n) is 10.7. The van der Waals surface area contributed by atoms with Gasteiger partial charge in [-0.05, 0) is 0 Å². The van der Waals surface area contributed by atoms with Gasteiger partial charge in [0.05, 0.1) is 19.3 Å². The van der Waals surface area contributed by atoms with Crippen LogP contribution in [0, 0.1) is 0 Å². The van der Waals surface area contributed by atoms with E-state index in [4.69, 9.17) is 14.6 Å². The molecule has 0 saturated carbocycles. The molecule has 1 rings (SSSR count). The van der Waals surface area contributed by atoms with Crippen molar-refractivity contribution in [3.8, 4) is 0 Å². The number of aliphatic carboxylic acids is 1. The van der Waals surface area contributed by atoms with Crippen molar-refractivity contribution in [3.63, 3.8) is 0 Å². The number of carboxylic acids is 1. The molecule has 18 heavy (non-hydrogen) atoms. The lowest BCUT2D eigenvalue weighted by Gasteiger charge is -2.21. The molecule has 0 aromatic rings. The molecule has 2 N–H and O–H groups in total. The lowest BCUT2D eigenvalue weighted by molar-refractivity contribution is -0.147. The highest BCUT2D eigenvalue weighted by atomic mass is 16.5. The largest absolute Gasteiger partial charge is 0.480 e. The molecule has 1 heterocycles. The van der Waals surface area contributed by atoms with Gasteiger partial charge in [0.2, 0.25) is 5.91 Å². The van der Waals surface area contributed by atoms with E-state index in [2.05, 4.69) is 5.32 Å². The quantitative estimate of drug-likeness (QED) is 0.566. The van der Waals surface area contributed by atoms with Gasteiger partial charge in [0.25, 0.3) is 0 Å². The minimum Gasteiger partial charge on any atom is -0.480 e. The van der Waals surface area contributed by atoms with Crippen molar-refractivity contribution >= 4 is 11.9 Å². The first-order valence-corrected chi connectivity index (χ1v) is 5.84. The van der Waals surface area contributed by atoms with Crippen molar-refractivity contribution < 1.29 is 24.2 Å². The van der Waals surface area contributed by atoms with Gasteiger partial charge >= 0.3 is 5.97 Å². The van der Waals surface area contributed by atoms with Crippen LogP contribution in [0.1, 0.15) is 6.42 Å². The molecule has 0 spiro atoms. The molecule has 2 atom stereocenters. The van der Waals surface area contributed by atoms with Crippen LogP contribution in [-0.4, -0.2) is 74.5 Å². The maximum absolute atomic E-state index is 11.9. The fraction of sp³-hybridized carbons (Fsp3) is 0.818. The number of nitrogens with zero attached hydrogens (tertiary/aromatic N) is 1. The van der Waals surface area contributed by atoms with Crippen molar-refractivity contribution in [2.24, 2.45) is 0 Å².